The van der Waals surface area contributed by atoms with Gasteiger partial charge in [-0.2, -0.15) is 4.98 Å². The number of hydrogen-bond donors (Lipinski definition) is 2. The number of aromatic nitrogens is 2. The molecular weight excluding hydrogens is 530 g/mol. The molecule has 1 aliphatic rings. The van der Waals surface area contributed by atoms with Gasteiger partial charge in [0.25, 0.3) is 0 Å². The number of aryl methyl sites for hydroxylation is 1. The molecule has 206 valence electrons. The first kappa shape index (κ1) is 28.9. The molecule has 0 bridgehead atoms. The van der Waals surface area contributed by atoms with Crippen molar-refractivity contribution in [3.8, 4) is 0 Å². The minimum absolute atomic E-state index is 0.0216. The van der Waals surface area contributed by atoms with Gasteiger partial charge >= 0.3 is 0 Å². The summed E-state index contributed by atoms with van der Waals surface area (Å²) in [4.78, 5) is 37.4. The standard InChI is InChI=1S/C30H36ClN5O2S/c1-20-4-8-22(9-5-20)26(37)18-27(39-19-21-6-10-23(31)11-7-21)29(38)33-24-12-14-25(15-13-24)34-30-32-17-16-28(35-30)36(2)3/h4-11,16-17,24-25,27H,12-15,18-19H2,1-3H3,(H,33,38)(H,32,34,35)/t24-,25+,27?. The molecule has 1 amide bonds. The first-order valence-corrected chi connectivity index (χ1v) is 14.7. The molecule has 7 nitrogen and oxygen atoms in total. The van der Waals surface area contributed by atoms with Crippen molar-refractivity contribution in [2.24, 2.45) is 0 Å². The number of carbonyl (C=O) groups is 2. The van der Waals surface area contributed by atoms with Crippen LogP contribution in [-0.2, 0) is 10.5 Å². The Morgan fingerprint density at radius 2 is 1.67 bits per heavy atom. The van der Waals surface area contributed by atoms with Crippen LogP contribution in [0, 0.1) is 6.92 Å². The lowest BCUT2D eigenvalue weighted by molar-refractivity contribution is -0.121. The highest BCUT2D eigenvalue weighted by Gasteiger charge is 2.28. The molecule has 1 saturated carbocycles. The van der Waals surface area contributed by atoms with E-state index in [2.05, 4.69) is 20.6 Å². The van der Waals surface area contributed by atoms with Crippen LogP contribution in [0.5, 0.6) is 0 Å². The van der Waals surface area contributed by atoms with Crippen molar-refractivity contribution in [2.75, 3.05) is 24.3 Å². The fourth-order valence-corrected chi connectivity index (χ4v) is 5.76. The number of thioether (sulfide) groups is 1. The zero-order valence-corrected chi connectivity index (χ0v) is 24.3. The molecule has 0 aliphatic heterocycles. The number of rotatable bonds is 11. The number of anilines is 2. The van der Waals surface area contributed by atoms with Gasteiger partial charge in [-0.25, -0.2) is 4.98 Å². The van der Waals surface area contributed by atoms with E-state index in [0.29, 0.717) is 22.3 Å². The van der Waals surface area contributed by atoms with Gasteiger partial charge in [0.15, 0.2) is 5.78 Å². The SMILES string of the molecule is Cc1ccc(C(=O)CC(SCc2ccc(Cl)cc2)C(=O)N[C@H]2CC[C@@H](Nc3nccc(N(C)C)n3)CC2)cc1. The smallest absolute Gasteiger partial charge is 0.233 e. The van der Waals surface area contributed by atoms with E-state index < -0.39 is 5.25 Å². The molecule has 0 radical (unpaired) electrons. The molecule has 1 aliphatic carbocycles. The Morgan fingerprint density at radius 3 is 2.33 bits per heavy atom. The van der Waals surface area contributed by atoms with E-state index in [1.807, 2.05) is 80.5 Å². The molecule has 1 atom stereocenters. The van der Waals surface area contributed by atoms with Crippen molar-refractivity contribution >= 4 is 46.8 Å². The Kier molecular flexibility index (Phi) is 10.2. The van der Waals surface area contributed by atoms with Gasteiger partial charge in [0, 0.05) is 55.1 Å². The zero-order chi connectivity index (χ0) is 27.8. The van der Waals surface area contributed by atoms with Crippen molar-refractivity contribution in [1.29, 1.82) is 0 Å². The summed E-state index contributed by atoms with van der Waals surface area (Å²) in [6.45, 7) is 1.99. The number of benzene rings is 2. The fourth-order valence-electron chi connectivity index (χ4n) is 4.56. The van der Waals surface area contributed by atoms with Crippen LogP contribution in [0.1, 0.15) is 53.6 Å². The van der Waals surface area contributed by atoms with Crippen molar-refractivity contribution in [3.05, 3.63) is 82.5 Å². The minimum atomic E-state index is -0.479. The van der Waals surface area contributed by atoms with Crippen molar-refractivity contribution in [2.45, 2.75) is 62.1 Å². The van der Waals surface area contributed by atoms with Gasteiger partial charge in [0.2, 0.25) is 11.9 Å². The summed E-state index contributed by atoms with van der Waals surface area (Å²) in [5.41, 5.74) is 2.80. The third-order valence-corrected chi connectivity index (χ3v) is 8.44. The van der Waals surface area contributed by atoms with Crippen molar-refractivity contribution in [1.82, 2.24) is 15.3 Å². The van der Waals surface area contributed by atoms with Crippen LogP contribution in [0.4, 0.5) is 11.8 Å². The van der Waals surface area contributed by atoms with E-state index in [1.54, 1.807) is 6.20 Å². The van der Waals surface area contributed by atoms with Gasteiger partial charge in [0.1, 0.15) is 5.82 Å². The molecular formula is C30H36ClN5O2S. The van der Waals surface area contributed by atoms with Gasteiger partial charge in [-0.3, -0.25) is 9.59 Å². The number of amides is 1. The van der Waals surface area contributed by atoms with Crippen LogP contribution in [0.2, 0.25) is 5.02 Å². The molecule has 2 N–H and O–H groups in total. The van der Waals surface area contributed by atoms with Gasteiger partial charge in [-0.05, 0) is 56.4 Å². The predicted octanol–water partition coefficient (Wildman–Crippen LogP) is 5.92. The van der Waals surface area contributed by atoms with E-state index in [-0.39, 0.29) is 30.2 Å². The van der Waals surface area contributed by atoms with Crippen LogP contribution in [0.15, 0.2) is 60.8 Å². The van der Waals surface area contributed by atoms with E-state index in [4.69, 9.17) is 11.6 Å². The van der Waals surface area contributed by atoms with Crippen LogP contribution >= 0.6 is 23.4 Å². The minimum Gasteiger partial charge on any atom is -0.363 e. The third kappa shape index (κ3) is 8.70. The highest BCUT2D eigenvalue weighted by atomic mass is 35.5. The maximum Gasteiger partial charge on any atom is 0.233 e. The van der Waals surface area contributed by atoms with Gasteiger partial charge in [-0.1, -0.05) is 53.6 Å². The second-order valence-electron chi connectivity index (χ2n) is 10.3. The van der Waals surface area contributed by atoms with Crippen LogP contribution in [0.3, 0.4) is 0 Å². The molecule has 1 aromatic heterocycles. The summed E-state index contributed by atoms with van der Waals surface area (Å²) in [7, 11) is 3.91. The Hall–Kier alpha value is -3.10. The van der Waals surface area contributed by atoms with Crippen LogP contribution < -0.4 is 15.5 Å². The van der Waals surface area contributed by atoms with Gasteiger partial charge < -0.3 is 15.5 Å². The molecule has 0 spiro atoms. The summed E-state index contributed by atoms with van der Waals surface area (Å²) < 4.78 is 0. The number of nitrogens with one attached hydrogen (secondary N) is 2. The normalized spacial score (nSPS) is 17.7. The lowest BCUT2D eigenvalue weighted by Gasteiger charge is -2.30. The number of Topliss-reactive ketones (excluding diaryl/α,β-unsaturated/α-hetero) is 1. The van der Waals surface area contributed by atoms with E-state index in [1.165, 1.54) is 11.8 Å². The summed E-state index contributed by atoms with van der Waals surface area (Å²) in [6, 6.07) is 17.3. The van der Waals surface area contributed by atoms with E-state index >= 15 is 0 Å². The van der Waals surface area contributed by atoms with E-state index in [0.717, 1.165) is 42.6 Å². The lowest BCUT2D eigenvalue weighted by atomic mass is 9.91. The predicted molar refractivity (Wildman–Crippen MR) is 161 cm³/mol. The number of carbonyl (C=O) groups excluding carboxylic acids is 2. The maximum absolute atomic E-state index is 13.4. The molecule has 9 heteroatoms. The number of hydrogen-bond acceptors (Lipinski definition) is 7. The third-order valence-electron chi connectivity index (χ3n) is 6.91. The van der Waals surface area contributed by atoms with Crippen LogP contribution in [-0.4, -0.2) is 53.1 Å². The lowest BCUT2D eigenvalue weighted by Crippen LogP contribution is -2.44. The van der Waals surface area contributed by atoms with Gasteiger partial charge in [-0.15, -0.1) is 11.8 Å². The maximum atomic E-state index is 13.4. The summed E-state index contributed by atoms with van der Waals surface area (Å²) >= 11 is 7.53. The molecule has 4 rings (SSSR count). The molecule has 1 unspecified atom stereocenters. The summed E-state index contributed by atoms with van der Waals surface area (Å²) in [5, 5.41) is 6.88. The number of ketones is 1. The first-order chi connectivity index (χ1) is 18.8. The Labute approximate surface area is 240 Å². The zero-order valence-electron chi connectivity index (χ0n) is 22.7. The Morgan fingerprint density at radius 1 is 1.00 bits per heavy atom. The highest BCUT2D eigenvalue weighted by Crippen LogP contribution is 2.26. The van der Waals surface area contributed by atoms with Crippen molar-refractivity contribution < 1.29 is 9.59 Å². The average Bonchev–Trinajstić information content (AvgIpc) is 2.93. The average molecular weight is 566 g/mol. The fraction of sp³-hybridized carbons (Fsp3) is 0.400. The molecule has 1 heterocycles. The summed E-state index contributed by atoms with van der Waals surface area (Å²) in [5.74, 6) is 2.01. The molecule has 2 aromatic carbocycles. The Bertz CT molecular complexity index is 1240. The van der Waals surface area contributed by atoms with E-state index in [9.17, 15) is 9.59 Å². The molecule has 3 aromatic rings. The second-order valence-corrected chi connectivity index (χ2v) is 11.9. The molecule has 39 heavy (non-hydrogen) atoms. The topological polar surface area (TPSA) is 87.2 Å². The first-order valence-electron chi connectivity index (χ1n) is 13.3. The second kappa shape index (κ2) is 13.8. The van der Waals surface area contributed by atoms with Crippen molar-refractivity contribution in [3.63, 3.8) is 0 Å². The quantitative estimate of drug-likeness (QED) is 0.279. The molecule has 1 fully saturated rings. The molecule has 0 saturated heterocycles. The number of nitrogens with zero attached hydrogens (tertiary/aromatic N) is 3. The van der Waals surface area contributed by atoms with Gasteiger partial charge in [0.05, 0.1) is 5.25 Å². The largest absolute Gasteiger partial charge is 0.363 e. The Balaban J connectivity index is 1.34. The monoisotopic (exact) mass is 565 g/mol. The number of halogens is 1. The summed E-state index contributed by atoms with van der Waals surface area (Å²) in [6.07, 6.45) is 5.45. The van der Waals surface area contributed by atoms with Crippen LogP contribution in [0.25, 0.3) is 0 Å². The highest BCUT2D eigenvalue weighted by molar-refractivity contribution is 7.99.